The lowest BCUT2D eigenvalue weighted by molar-refractivity contribution is 0.0977. The summed E-state index contributed by atoms with van der Waals surface area (Å²) in [6.45, 7) is 4.99. The van der Waals surface area contributed by atoms with E-state index in [2.05, 4.69) is 14.9 Å². The van der Waals surface area contributed by atoms with E-state index >= 15 is 0 Å². The van der Waals surface area contributed by atoms with Crippen LogP contribution < -0.4 is 4.74 Å². The molecule has 1 aromatic carbocycles. The summed E-state index contributed by atoms with van der Waals surface area (Å²) in [6, 6.07) is 10.5. The summed E-state index contributed by atoms with van der Waals surface area (Å²) in [4.78, 5) is 4.65. The molecule has 0 unspecified atom stereocenters. The highest BCUT2D eigenvalue weighted by atomic mass is 32.1. The fourth-order valence-electron chi connectivity index (χ4n) is 3.45. The van der Waals surface area contributed by atoms with Crippen molar-refractivity contribution in [2.45, 2.75) is 13.2 Å². The lowest BCUT2D eigenvalue weighted by Crippen LogP contribution is -2.46. The van der Waals surface area contributed by atoms with Gasteiger partial charge in [0.1, 0.15) is 11.6 Å². The number of nitrogens with zero attached hydrogens (tertiary/aromatic N) is 5. The molecule has 1 saturated heterocycles. The maximum Gasteiger partial charge on any atom is 0.203 e. The van der Waals surface area contributed by atoms with Gasteiger partial charge in [0.05, 0.1) is 13.8 Å². The summed E-state index contributed by atoms with van der Waals surface area (Å²) < 4.78 is 23.4. The van der Waals surface area contributed by atoms with Gasteiger partial charge < -0.3 is 4.74 Å². The van der Waals surface area contributed by atoms with Crippen LogP contribution in [0.2, 0.25) is 0 Å². The van der Waals surface area contributed by atoms with E-state index in [0.29, 0.717) is 18.0 Å². The van der Waals surface area contributed by atoms with Crippen LogP contribution in [0.5, 0.6) is 5.75 Å². The van der Waals surface area contributed by atoms with E-state index in [9.17, 15) is 4.39 Å². The van der Waals surface area contributed by atoms with Gasteiger partial charge in [-0.1, -0.05) is 6.07 Å². The molecular formula is C19H22FN5OS. The molecule has 1 aliphatic rings. The first-order chi connectivity index (χ1) is 13.1. The Morgan fingerprint density at radius 3 is 2.63 bits per heavy atom. The third-order valence-corrected chi connectivity index (χ3v) is 5.33. The molecule has 3 aromatic rings. The number of hydrogen-bond donors (Lipinski definition) is 0. The van der Waals surface area contributed by atoms with Gasteiger partial charge in [-0.25, -0.2) is 9.07 Å². The number of pyridine rings is 1. The number of aromatic nitrogens is 3. The number of ether oxygens (including phenoxy) is 1. The minimum absolute atomic E-state index is 0.231. The van der Waals surface area contributed by atoms with Gasteiger partial charge in [0.15, 0.2) is 5.65 Å². The molecule has 0 atom stereocenters. The van der Waals surface area contributed by atoms with Gasteiger partial charge in [-0.15, -0.1) is 0 Å². The molecule has 0 N–H and O–H groups in total. The molecular weight excluding hydrogens is 365 g/mol. The molecule has 1 aliphatic heterocycles. The smallest absolute Gasteiger partial charge is 0.203 e. The first kappa shape index (κ1) is 18.1. The summed E-state index contributed by atoms with van der Waals surface area (Å²) in [6.07, 6.45) is 1.94. The maximum atomic E-state index is 13.6. The Labute approximate surface area is 162 Å². The van der Waals surface area contributed by atoms with Crippen molar-refractivity contribution in [2.24, 2.45) is 0 Å². The van der Waals surface area contributed by atoms with Crippen molar-refractivity contribution in [2.75, 3.05) is 33.3 Å². The molecule has 0 aliphatic carbocycles. The zero-order valence-corrected chi connectivity index (χ0v) is 16.0. The second-order valence-electron chi connectivity index (χ2n) is 6.70. The third-order valence-electron chi connectivity index (χ3n) is 4.92. The average Bonchev–Trinajstić information content (AvgIpc) is 2.99. The number of hydrogen-bond acceptors (Lipinski definition) is 5. The SMILES string of the molecule is COc1ccc(F)cc1CN1CCN(Cn2nc3ccccn3c2=S)CC1. The molecule has 142 valence electrons. The van der Waals surface area contributed by atoms with Gasteiger partial charge in [-0.05, 0) is 42.5 Å². The molecule has 0 radical (unpaired) electrons. The number of rotatable bonds is 5. The van der Waals surface area contributed by atoms with Gasteiger partial charge in [-0.3, -0.25) is 14.2 Å². The maximum absolute atomic E-state index is 13.6. The molecule has 8 heteroatoms. The lowest BCUT2D eigenvalue weighted by atomic mass is 10.1. The zero-order chi connectivity index (χ0) is 18.8. The highest BCUT2D eigenvalue weighted by molar-refractivity contribution is 7.71. The zero-order valence-electron chi connectivity index (χ0n) is 15.2. The van der Waals surface area contributed by atoms with Crippen LogP contribution in [0.4, 0.5) is 4.39 Å². The predicted molar refractivity (Wildman–Crippen MR) is 104 cm³/mol. The van der Waals surface area contributed by atoms with Gasteiger partial charge in [-0.2, -0.15) is 5.10 Å². The van der Waals surface area contributed by atoms with E-state index < -0.39 is 0 Å². The molecule has 6 nitrogen and oxygen atoms in total. The van der Waals surface area contributed by atoms with Crippen molar-refractivity contribution in [3.8, 4) is 5.75 Å². The number of piperazine rings is 1. The highest BCUT2D eigenvalue weighted by Crippen LogP contribution is 2.21. The van der Waals surface area contributed by atoms with Gasteiger partial charge in [0.2, 0.25) is 4.77 Å². The normalized spacial score (nSPS) is 16.1. The number of fused-ring (bicyclic) bond motifs is 1. The quantitative estimate of drug-likeness (QED) is 0.630. The van der Waals surface area contributed by atoms with E-state index in [1.807, 2.05) is 33.5 Å². The largest absolute Gasteiger partial charge is 0.496 e. The highest BCUT2D eigenvalue weighted by Gasteiger charge is 2.19. The van der Waals surface area contributed by atoms with Crippen molar-refractivity contribution in [1.29, 1.82) is 0 Å². The molecule has 4 rings (SSSR count). The van der Waals surface area contributed by atoms with E-state index in [-0.39, 0.29) is 5.82 Å². The lowest BCUT2D eigenvalue weighted by Gasteiger charge is -2.34. The number of halogens is 1. The Bertz CT molecular complexity index is 993. The van der Waals surface area contributed by atoms with Crippen molar-refractivity contribution in [1.82, 2.24) is 24.0 Å². The van der Waals surface area contributed by atoms with Crippen LogP contribution in [0, 0.1) is 10.6 Å². The standard InChI is InChI=1S/C19H22FN5OS/c1-26-17-6-5-16(20)12-15(17)13-22-8-10-23(11-9-22)14-25-19(27)24-7-3-2-4-18(24)21-25/h2-7,12H,8-11,13-14H2,1H3. The van der Waals surface area contributed by atoms with Crippen molar-refractivity contribution >= 4 is 17.9 Å². The van der Waals surface area contributed by atoms with E-state index in [4.69, 9.17) is 17.0 Å². The Hall–Kier alpha value is -2.29. The first-order valence-electron chi connectivity index (χ1n) is 8.95. The molecule has 0 saturated carbocycles. The second kappa shape index (κ2) is 7.75. The van der Waals surface area contributed by atoms with Crippen molar-refractivity contribution < 1.29 is 9.13 Å². The number of methoxy groups -OCH3 is 1. The number of benzene rings is 1. The van der Waals surface area contributed by atoms with Gasteiger partial charge in [0, 0.05) is 44.5 Å². The molecule has 2 aromatic heterocycles. The Morgan fingerprint density at radius 2 is 1.89 bits per heavy atom. The fraction of sp³-hybridized carbons (Fsp3) is 0.368. The summed E-state index contributed by atoms with van der Waals surface area (Å²) in [5.74, 6) is 0.500. The predicted octanol–water partition coefficient (Wildman–Crippen LogP) is 2.79. The summed E-state index contributed by atoms with van der Waals surface area (Å²) in [5, 5.41) is 4.59. The van der Waals surface area contributed by atoms with Crippen LogP contribution in [0.15, 0.2) is 42.6 Å². The van der Waals surface area contributed by atoms with E-state index in [1.165, 1.54) is 6.07 Å². The Balaban J connectivity index is 1.38. The van der Waals surface area contributed by atoms with Crippen LogP contribution in [0.25, 0.3) is 5.65 Å². The molecule has 3 heterocycles. The average molecular weight is 387 g/mol. The van der Waals surface area contributed by atoms with Crippen LogP contribution >= 0.6 is 12.2 Å². The Kier molecular flexibility index (Phi) is 5.20. The molecule has 1 fully saturated rings. The third kappa shape index (κ3) is 3.87. The van der Waals surface area contributed by atoms with Crippen LogP contribution in [-0.2, 0) is 13.2 Å². The summed E-state index contributed by atoms with van der Waals surface area (Å²) >= 11 is 5.52. The summed E-state index contributed by atoms with van der Waals surface area (Å²) in [5.41, 5.74) is 1.74. The monoisotopic (exact) mass is 387 g/mol. The van der Waals surface area contributed by atoms with Gasteiger partial charge in [0.25, 0.3) is 0 Å². The van der Waals surface area contributed by atoms with E-state index in [0.717, 1.165) is 43.1 Å². The first-order valence-corrected chi connectivity index (χ1v) is 9.36. The van der Waals surface area contributed by atoms with Crippen molar-refractivity contribution in [3.05, 3.63) is 58.7 Å². The fourth-order valence-corrected chi connectivity index (χ4v) is 3.70. The second-order valence-corrected chi connectivity index (χ2v) is 7.07. The van der Waals surface area contributed by atoms with Gasteiger partial charge >= 0.3 is 0 Å². The van der Waals surface area contributed by atoms with Crippen LogP contribution in [0.3, 0.4) is 0 Å². The molecule has 0 amide bonds. The minimum Gasteiger partial charge on any atom is -0.496 e. The van der Waals surface area contributed by atoms with Crippen LogP contribution in [-0.4, -0.2) is 57.3 Å². The Morgan fingerprint density at radius 1 is 1.11 bits per heavy atom. The van der Waals surface area contributed by atoms with E-state index in [1.54, 1.807) is 19.2 Å². The molecule has 0 bridgehead atoms. The minimum atomic E-state index is -0.231. The summed E-state index contributed by atoms with van der Waals surface area (Å²) in [7, 11) is 1.62. The van der Waals surface area contributed by atoms with Crippen LogP contribution in [0.1, 0.15) is 5.56 Å². The molecule has 0 spiro atoms. The topological polar surface area (TPSA) is 37.9 Å². The molecule has 27 heavy (non-hydrogen) atoms. The van der Waals surface area contributed by atoms with Crippen molar-refractivity contribution in [3.63, 3.8) is 0 Å².